The van der Waals surface area contributed by atoms with Crippen molar-refractivity contribution in [2.45, 2.75) is 25.8 Å². The number of urea groups is 1. The van der Waals surface area contributed by atoms with Gasteiger partial charge in [-0.05, 0) is 37.6 Å². The molecule has 1 aromatic carbocycles. The maximum atomic E-state index is 12.1. The van der Waals surface area contributed by atoms with Crippen LogP contribution in [0.5, 0.6) is 5.75 Å². The number of rotatable bonds is 5. The highest BCUT2D eigenvalue weighted by atomic mass is 16.5. The summed E-state index contributed by atoms with van der Waals surface area (Å²) in [6, 6.07) is 7.50. The van der Waals surface area contributed by atoms with Crippen molar-refractivity contribution in [1.29, 1.82) is 5.26 Å². The van der Waals surface area contributed by atoms with Crippen molar-refractivity contribution < 1.29 is 19.1 Å². The van der Waals surface area contributed by atoms with Crippen molar-refractivity contribution in [2.24, 2.45) is 0 Å². The minimum absolute atomic E-state index is 0.369. The fraction of sp³-hybridized carbons (Fsp3) is 0.333. The second-order valence-electron chi connectivity index (χ2n) is 5.22. The van der Waals surface area contributed by atoms with Crippen molar-refractivity contribution in [2.75, 3.05) is 6.61 Å². The lowest BCUT2D eigenvalue weighted by Crippen LogP contribution is -2.49. The Labute approximate surface area is 133 Å². The fourth-order valence-electron chi connectivity index (χ4n) is 1.96. The van der Waals surface area contributed by atoms with E-state index in [9.17, 15) is 14.4 Å². The Balaban J connectivity index is 1.91. The van der Waals surface area contributed by atoms with Crippen molar-refractivity contribution >= 4 is 17.8 Å². The van der Waals surface area contributed by atoms with Gasteiger partial charge >= 0.3 is 6.03 Å². The summed E-state index contributed by atoms with van der Waals surface area (Å²) in [5, 5.41) is 11.9. The number of nitriles is 1. The van der Waals surface area contributed by atoms with Gasteiger partial charge in [0.15, 0.2) is 6.61 Å². The Kier molecular flexibility index (Phi) is 4.50. The van der Waals surface area contributed by atoms with Crippen LogP contribution in [0.25, 0.3) is 0 Å². The average Bonchev–Trinajstić information content (AvgIpc) is 2.77. The van der Waals surface area contributed by atoms with Gasteiger partial charge in [-0.25, -0.2) is 4.79 Å². The topological polar surface area (TPSA) is 112 Å². The number of hydrazine groups is 1. The Hall–Kier alpha value is -3.08. The molecule has 1 atom stereocenters. The lowest BCUT2D eigenvalue weighted by atomic mass is 10.00. The van der Waals surface area contributed by atoms with E-state index in [0.29, 0.717) is 22.7 Å². The molecule has 23 heavy (non-hydrogen) atoms. The molecule has 1 saturated heterocycles. The van der Waals surface area contributed by atoms with E-state index < -0.39 is 23.4 Å². The van der Waals surface area contributed by atoms with Gasteiger partial charge in [0, 0.05) is 0 Å². The molecule has 0 aliphatic carbocycles. The first kappa shape index (κ1) is 16.3. The molecule has 0 bridgehead atoms. The molecule has 2 N–H and O–H groups in total. The molecule has 0 unspecified atom stereocenters. The third-order valence-electron chi connectivity index (χ3n) is 3.56. The number of nitrogens with one attached hydrogen (secondary N) is 2. The number of hydrogen-bond acceptors (Lipinski definition) is 5. The van der Waals surface area contributed by atoms with Crippen LogP contribution in [0, 0.1) is 11.3 Å². The normalized spacial score (nSPS) is 20.0. The third-order valence-corrected chi connectivity index (χ3v) is 3.56. The quantitative estimate of drug-likeness (QED) is 0.776. The molecular weight excluding hydrogens is 300 g/mol. The average molecular weight is 316 g/mol. The highest BCUT2D eigenvalue weighted by Gasteiger charge is 2.47. The second kappa shape index (κ2) is 6.36. The van der Waals surface area contributed by atoms with Gasteiger partial charge in [-0.3, -0.25) is 15.0 Å². The Morgan fingerprint density at radius 3 is 2.57 bits per heavy atom. The molecule has 0 aromatic heterocycles. The second-order valence-corrected chi connectivity index (χ2v) is 5.22. The summed E-state index contributed by atoms with van der Waals surface area (Å²) in [6.07, 6.45) is 0.408. The van der Waals surface area contributed by atoms with Crippen molar-refractivity contribution in [3.05, 3.63) is 29.8 Å². The number of hydrogen-bond donors (Lipinski definition) is 2. The zero-order chi connectivity index (χ0) is 17.0. The van der Waals surface area contributed by atoms with Crippen LogP contribution in [0.3, 0.4) is 0 Å². The van der Waals surface area contributed by atoms with Gasteiger partial charge in [-0.15, -0.1) is 0 Å². The van der Waals surface area contributed by atoms with Crippen LogP contribution in [-0.2, 0) is 9.59 Å². The van der Waals surface area contributed by atoms with Crippen LogP contribution in [-0.4, -0.2) is 35.0 Å². The monoisotopic (exact) mass is 316 g/mol. The van der Waals surface area contributed by atoms with Gasteiger partial charge in [-0.2, -0.15) is 10.3 Å². The summed E-state index contributed by atoms with van der Waals surface area (Å²) in [5.41, 5.74) is 1.67. The number of imide groups is 1. The minimum Gasteiger partial charge on any atom is -0.484 e. The summed E-state index contributed by atoms with van der Waals surface area (Å²) < 4.78 is 5.24. The van der Waals surface area contributed by atoms with Gasteiger partial charge in [0.2, 0.25) is 0 Å². The summed E-state index contributed by atoms with van der Waals surface area (Å²) in [7, 11) is 0. The van der Waals surface area contributed by atoms with E-state index in [2.05, 4.69) is 10.7 Å². The molecule has 1 aromatic rings. The standard InChI is InChI=1S/C15H16N4O4/c1-3-15(2)13(21)19(14(22)17-15)18-12(20)9-23-11-6-4-10(8-16)5-7-11/h4-7H,3,9H2,1-2H3,(H,17,22)(H,18,20)/t15-/m0/s1. The van der Waals surface area contributed by atoms with Gasteiger partial charge in [0.1, 0.15) is 11.3 Å². The number of amides is 4. The van der Waals surface area contributed by atoms with Crippen LogP contribution in [0.15, 0.2) is 24.3 Å². The molecule has 1 heterocycles. The highest BCUT2D eigenvalue weighted by Crippen LogP contribution is 2.19. The Bertz CT molecular complexity index is 680. The molecule has 2 rings (SSSR count). The van der Waals surface area contributed by atoms with E-state index in [1.54, 1.807) is 38.1 Å². The molecule has 8 nitrogen and oxygen atoms in total. The van der Waals surface area contributed by atoms with Crippen LogP contribution in [0.2, 0.25) is 0 Å². The number of nitrogens with zero attached hydrogens (tertiary/aromatic N) is 2. The van der Waals surface area contributed by atoms with E-state index in [1.807, 2.05) is 6.07 Å². The van der Waals surface area contributed by atoms with E-state index >= 15 is 0 Å². The van der Waals surface area contributed by atoms with Crippen LogP contribution < -0.4 is 15.5 Å². The number of carbonyl (C=O) groups is 3. The molecule has 4 amide bonds. The first-order valence-electron chi connectivity index (χ1n) is 6.99. The molecule has 8 heteroatoms. The molecule has 0 radical (unpaired) electrons. The smallest absolute Gasteiger partial charge is 0.344 e. The van der Waals surface area contributed by atoms with Crippen molar-refractivity contribution in [3.63, 3.8) is 0 Å². The highest BCUT2D eigenvalue weighted by molar-refractivity contribution is 6.07. The molecule has 0 saturated carbocycles. The fourth-order valence-corrected chi connectivity index (χ4v) is 1.96. The molecule has 120 valence electrons. The first-order chi connectivity index (χ1) is 10.9. The SMILES string of the molecule is CC[C@]1(C)NC(=O)N(NC(=O)COc2ccc(C#N)cc2)C1=O. The van der Waals surface area contributed by atoms with Crippen molar-refractivity contribution in [3.8, 4) is 11.8 Å². The summed E-state index contributed by atoms with van der Waals surface area (Å²) in [6.45, 7) is 2.98. The zero-order valence-corrected chi connectivity index (χ0v) is 12.8. The number of benzene rings is 1. The molecule has 1 aliphatic heterocycles. The maximum Gasteiger partial charge on any atom is 0.344 e. The first-order valence-corrected chi connectivity index (χ1v) is 6.99. The molecule has 1 fully saturated rings. The summed E-state index contributed by atoms with van der Waals surface area (Å²) >= 11 is 0. The maximum absolute atomic E-state index is 12.1. The Morgan fingerprint density at radius 1 is 1.39 bits per heavy atom. The van der Waals surface area contributed by atoms with Gasteiger partial charge in [-0.1, -0.05) is 6.92 Å². The zero-order valence-electron chi connectivity index (χ0n) is 12.8. The summed E-state index contributed by atoms with van der Waals surface area (Å²) in [5.74, 6) is -0.760. The van der Waals surface area contributed by atoms with E-state index in [0.717, 1.165) is 0 Å². The predicted octanol–water partition coefficient (Wildman–Crippen LogP) is 0.689. The van der Waals surface area contributed by atoms with Crippen LogP contribution in [0.1, 0.15) is 25.8 Å². The van der Waals surface area contributed by atoms with Crippen LogP contribution in [0.4, 0.5) is 4.79 Å². The predicted molar refractivity (Wildman–Crippen MR) is 78.9 cm³/mol. The molecule has 1 aliphatic rings. The van der Waals surface area contributed by atoms with Crippen LogP contribution >= 0.6 is 0 Å². The third kappa shape index (κ3) is 3.40. The number of ether oxygens (including phenoxy) is 1. The van der Waals surface area contributed by atoms with Gasteiger partial charge < -0.3 is 10.1 Å². The lowest BCUT2D eigenvalue weighted by molar-refractivity contribution is -0.139. The number of carbonyl (C=O) groups excluding carboxylic acids is 3. The van der Waals surface area contributed by atoms with Crippen molar-refractivity contribution in [1.82, 2.24) is 15.8 Å². The van der Waals surface area contributed by atoms with E-state index in [4.69, 9.17) is 10.00 Å². The molecule has 0 spiro atoms. The van der Waals surface area contributed by atoms with Gasteiger partial charge in [0.25, 0.3) is 11.8 Å². The Morgan fingerprint density at radius 2 is 2.04 bits per heavy atom. The largest absolute Gasteiger partial charge is 0.484 e. The summed E-state index contributed by atoms with van der Waals surface area (Å²) in [4.78, 5) is 35.7. The van der Waals surface area contributed by atoms with E-state index in [1.165, 1.54) is 0 Å². The lowest BCUT2D eigenvalue weighted by Gasteiger charge is -2.19. The van der Waals surface area contributed by atoms with E-state index in [-0.39, 0.29) is 6.61 Å². The minimum atomic E-state index is -1.02. The molecular formula is C15H16N4O4. The van der Waals surface area contributed by atoms with Gasteiger partial charge in [0.05, 0.1) is 11.6 Å².